The van der Waals surface area contributed by atoms with E-state index in [1.165, 1.54) is 16.7 Å². The maximum Gasteiger partial charge on any atom is 0.138 e. The Kier molecular flexibility index (Phi) is 3.31. The van der Waals surface area contributed by atoms with Gasteiger partial charge in [-0.05, 0) is 53.2 Å². The largest absolute Gasteiger partial charge is 0.299 e. The number of hydrogen-bond donors (Lipinski definition) is 0. The van der Waals surface area contributed by atoms with Gasteiger partial charge in [-0.15, -0.1) is 0 Å². The molecule has 2 atom stereocenters. The third-order valence-electron chi connectivity index (χ3n) is 6.34. The van der Waals surface area contributed by atoms with Crippen LogP contribution in [0.25, 0.3) is 0 Å². The number of carbonyl (C=O) groups is 1. The summed E-state index contributed by atoms with van der Waals surface area (Å²) in [7, 11) is 0. The fourth-order valence-corrected chi connectivity index (χ4v) is 4.90. The van der Waals surface area contributed by atoms with Gasteiger partial charge in [0.15, 0.2) is 0 Å². The average Bonchev–Trinajstić information content (AvgIpc) is 2.43. The van der Waals surface area contributed by atoms with Gasteiger partial charge in [0.25, 0.3) is 0 Å². The first-order valence-electron chi connectivity index (χ1n) is 8.43. The van der Waals surface area contributed by atoms with Crippen molar-refractivity contribution in [1.82, 2.24) is 0 Å². The summed E-state index contributed by atoms with van der Waals surface area (Å²) in [5.74, 6) is 1.54. The van der Waals surface area contributed by atoms with Crippen LogP contribution in [0.15, 0.2) is 18.2 Å². The number of aryl methyl sites for hydroxylation is 1. The van der Waals surface area contributed by atoms with Crippen LogP contribution in [0.4, 0.5) is 0 Å². The Morgan fingerprint density at radius 2 is 1.86 bits per heavy atom. The lowest BCUT2D eigenvalue weighted by Gasteiger charge is -2.53. The molecule has 3 rings (SSSR count). The highest BCUT2D eigenvalue weighted by atomic mass is 16.1. The summed E-state index contributed by atoms with van der Waals surface area (Å²) < 4.78 is 0. The van der Waals surface area contributed by atoms with E-state index >= 15 is 0 Å². The summed E-state index contributed by atoms with van der Waals surface area (Å²) in [5, 5.41) is 0. The molecule has 114 valence electrons. The third kappa shape index (κ3) is 2.08. The van der Waals surface area contributed by atoms with Gasteiger partial charge in [-0.1, -0.05) is 52.8 Å². The fraction of sp³-hybridized carbons (Fsp3) is 0.650. The zero-order chi connectivity index (χ0) is 15.4. The van der Waals surface area contributed by atoms with Crippen molar-refractivity contribution < 1.29 is 4.79 Å². The molecule has 1 nitrogen and oxygen atoms in total. The van der Waals surface area contributed by atoms with E-state index in [-0.39, 0.29) is 10.8 Å². The Morgan fingerprint density at radius 3 is 2.52 bits per heavy atom. The standard InChI is InChI=1S/C20H28O/c1-13(2)14-6-8-16-15(12-14)7-9-17-19(3,4)18(21)10-11-20(16,17)5/h6,8,12-13,17H,7,9-11H2,1-5H3/t17?,20-/m1/s1. The van der Waals surface area contributed by atoms with Crippen LogP contribution < -0.4 is 0 Å². The van der Waals surface area contributed by atoms with E-state index in [1.54, 1.807) is 0 Å². The minimum Gasteiger partial charge on any atom is -0.299 e. The van der Waals surface area contributed by atoms with Crippen molar-refractivity contribution in [3.63, 3.8) is 0 Å². The van der Waals surface area contributed by atoms with E-state index in [9.17, 15) is 4.79 Å². The molecule has 0 heterocycles. The fourth-order valence-electron chi connectivity index (χ4n) is 4.90. The SMILES string of the molecule is CC(C)c1ccc2c(c1)CCC1C(C)(C)C(=O)CC[C@]21C. The molecule has 2 aliphatic rings. The van der Waals surface area contributed by atoms with Crippen LogP contribution in [0.2, 0.25) is 0 Å². The molecule has 0 amide bonds. The van der Waals surface area contributed by atoms with E-state index in [4.69, 9.17) is 0 Å². The molecule has 0 aromatic heterocycles. The van der Waals surface area contributed by atoms with Crippen LogP contribution >= 0.6 is 0 Å². The van der Waals surface area contributed by atoms with Crippen molar-refractivity contribution in [2.45, 2.75) is 71.6 Å². The van der Waals surface area contributed by atoms with Crippen molar-refractivity contribution in [3.05, 3.63) is 34.9 Å². The minimum atomic E-state index is -0.165. The van der Waals surface area contributed by atoms with Crippen molar-refractivity contribution in [2.75, 3.05) is 0 Å². The zero-order valence-electron chi connectivity index (χ0n) is 14.1. The second-order valence-electron chi connectivity index (χ2n) is 8.22. The second kappa shape index (κ2) is 4.69. The Labute approximate surface area is 129 Å². The first-order chi connectivity index (χ1) is 9.76. The number of carbonyl (C=O) groups excluding carboxylic acids is 1. The molecule has 1 saturated carbocycles. The van der Waals surface area contributed by atoms with Gasteiger partial charge in [0.1, 0.15) is 5.78 Å². The van der Waals surface area contributed by atoms with E-state index in [0.717, 1.165) is 25.7 Å². The Bertz CT molecular complexity index is 582. The van der Waals surface area contributed by atoms with Crippen molar-refractivity contribution in [2.24, 2.45) is 11.3 Å². The van der Waals surface area contributed by atoms with E-state index in [2.05, 4.69) is 52.8 Å². The van der Waals surface area contributed by atoms with E-state index in [1.807, 2.05) is 0 Å². The van der Waals surface area contributed by atoms with Crippen LogP contribution in [-0.2, 0) is 16.6 Å². The number of benzene rings is 1. The molecule has 21 heavy (non-hydrogen) atoms. The number of Topliss-reactive ketones (excluding diaryl/α,β-unsaturated/α-hetero) is 1. The Morgan fingerprint density at radius 1 is 1.14 bits per heavy atom. The van der Waals surface area contributed by atoms with Crippen LogP contribution in [0.3, 0.4) is 0 Å². The average molecular weight is 284 g/mol. The van der Waals surface area contributed by atoms with Crippen LogP contribution in [-0.4, -0.2) is 5.78 Å². The number of hydrogen-bond acceptors (Lipinski definition) is 1. The van der Waals surface area contributed by atoms with Crippen LogP contribution in [0.1, 0.15) is 76.5 Å². The summed E-state index contributed by atoms with van der Waals surface area (Å²) in [6.07, 6.45) is 4.05. The van der Waals surface area contributed by atoms with Gasteiger partial charge < -0.3 is 0 Å². The lowest BCUT2D eigenvalue weighted by atomic mass is 9.50. The van der Waals surface area contributed by atoms with E-state index in [0.29, 0.717) is 17.6 Å². The summed E-state index contributed by atoms with van der Waals surface area (Å²) >= 11 is 0. The molecule has 1 aromatic carbocycles. The highest BCUT2D eigenvalue weighted by molar-refractivity contribution is 5.86. The summed E-state index contributed by atoms with van der Waals surface area (Å²) in [6.45, 7) is 11.3. The predicted octanol–water partition coefficient (Wildman–Crippen LogP) is 5.02. The lowest BCUT2D eigenvalue weighted by Crippen LogP contribution is -2.52. The monoisotopic (exact) mass is 284 g/mol. The number of ketones is 1. The third-order valence-corrected chi connectivity index (χ3v) is 6.34. The molecule has 1 fully saturated rings. The molecular weight excluding hydrogens is 256 g/mol. The highest BCUT2D eigenvalue weighted by Gasteiger charge is 2.53. The van der Waals surface area contributed by atoms with Crippen LogP contribution in [0, 0.1) is 11.3 Å². The Balaban J connectivity index is 2.08. The molecule has 2 aliphatic carbocycles. The molecule has 0 N–H and O–H groups in total. The predicted molar refractivity (Wildman–Crippen MR) is 87.7 cm³/mol. The maximum atomic E-state index is 12.4. The second-order valence-corrected chi connectivity index (χ2v) is 8.22. The van der Waals surface area contributed by atoms with Gasteiger partial charge in [-0.2, -0.15) is 0 Å². The van der Waals surface area contributed by atoms with Crippen LogP contribution in [0.5, 0.6) is 0 Å². The topological polar surface area (TPSA) is 17.1 Å². The first-order valence-corrected chi connectivity index (χ1v) is 8.43. The van der Waals surface area contributed by atoms with Gasteiger partial charge in [0.05, 0.1) is 0 Å². The van der Waals surface area contributed by atoms with Gasteiger partial charge in [0, 0.05) is 11.8 Å². The normalized spacial score (nSPS) is 31.0. The summed E-state index contributed by atoms with van der Waals surface area (Å²) in [4.78, 5) is 12.4. The maximum absolute atomic E-state index is 12.4. The number of rotatable bonds is 1. The smallest absolute Gasteiger partial charge is 0.138 e. The minimum absolute atomic E-state index is 0.165. The van der Waals surface area contributed by atoms with Gasteiger partial charge in [0.2, 0.25) is 0 Å². The quantitative estimate of drug-likeness (QED) is 0.707. The highest BCUT2D eigenvalue weighted by Crippen LogP contribution is 2.55. The van der Waals surface area contributed by atoms with E-state index < -0.39 is 0 Å². The molecule has 0 bridgehead atoms. The first kappa shape index (κ1) is 14.8. The van der Waals surface area contributed by atoms with Gasteiger partial charge >= 0.3 is 0 Å². The molecule has 1 heteroatoms. The molecule has 0 saturated heterocycles. The summed E-state index contributed by atoms with van der Waals surface area (Å²) in [6, 6.07) is 7.09. The zero-order valence-corrected chi connectivity index (χ0v) is 14.1. The lowest BCUT2D eigenvalue weighted by molar-refractivity contribution is -0.137. The van der Waals surface area contributed by atoms with Gasteiger partial charge in [-0.3, -0.25) is 4.79 Å². The molecular formula is C20H28O. The van der Waals surface area contributed by atoms with Gasteiger partial charge in [-0.25, -0.2) is 0 Å². The molecule has 0 radical (unpaired) electrons. The molecule has 0 spiro atoms. The van der Waals surface area contributed by atoms with Crippen molar-refractivity contribution in [1.29, 1.82) is 0 Å². The molecule has 0 aliphatic heterocycles. The summed E-state index contributed by atoms with van der Waals surface area (Å²) in [5.41, 5.74) is 4.51. The van der Waals surface area contributed by atoms with Crippen molar-refractivity contribution in [3.8, 4) is 0 Å². The molecule has 1 aromatic rings. The van der Waals surface area contributed by atoms with Crippen molar-refractivity contribution >= 4 is 5.78 Å². The number of fused-ring (bicyclic) bond motifs is 3. The Hall–Kier alpha value is -1.11. The molecule has 1 unspecified atom stereocenters.